The van der Waals surface area contributed by atoms with Crippen molar-refractivity contribution in [1.82, 2.24) is 4.90 Å². The van der Waals surface area contributed by atoms with E-state index < -0.39 is 0 Å². The number of carbonyl (C=O) groups is 1. The van der Waals surface area contributed by atoms with Gasteiger partial charge in [0.1, 0.15) is 23.9 Å². The van der Waals surface area contributed by atoms with E-state index in [0.29, 0.717) is 35.2 Å². The van der Waals surface area contributed by atoms with Crippen molar-refractivity contribution in [2.24, 2.45) is 0 Å². The molecule has 6 nitrogen and oxygen atoms in total. The van der Waals surface area contributed by atoms with Crippen molar-refractivity contribution >= 4 is 23.2 Å². The van der Waals surface area contributed by atoms with E-state index in [-0.39, 0.29) is 12.5 Å². The van der Waals surface area contributed by atoms with E-state index in [1.165, 1.54) is 0 Å². The van der Waals surface area contributed by atoms with Gasteiger partial charge in [0.25, 0.3) is 5.91 Å². The van der Waals surface area contributed by atoms with Gasteiger partial charge in [-0.05, 0) is 60.7 Å². The predicted molar refractivity (Wildman–Crippen MR) is 130 cm³/mol. The first kappa shape index (κ1) is 22.8. The van der Waals surface area contributed by atoms with Crippen LogP contribution in [0.1, 0.15) is 15.9 Å². The van der Waals surface area contributed by atoms with Crippen LogP contribution in [0.2, 0.25) is 5.02 Å². The second kappa shape index (κ2) is 10.5. The third kappa shape index (κ3) is 5.52. The summed E-state index contributed by atoms with van der Waals surface area (Å²) in [6.45, 7) is 3.14. The van der Waals surface area contributed by atoms with Gasteiger partial charge in [-0.3, -0.25) is 4.79 Å². The molecule has 7 heteroatoms. The first-order valence-electron chi connectivity index (χ1n) is 10.8. The highest BCUT2D eigenvalue weighted by Gasteiger charge is 2.23. The molecule has 0 aromatic heterocycles. The van der Waals surface area contributed by atoms with Crippen molar-refractivity contribution in [3.8, 4) is 17.2 Å². The molecule has 3 aromatic carbocycles. The number of halogens is 1. The fourth-order valence-corrected chi connectivity index (χ4v) is 4.07. The van der Waals surface area contributed by atoms with Gasteiger partial charge in [0, 0.05) is 48.0 Å². The third-order valence-electron chi connectivity index (χ3n) is 5.72. The Morgan fingerprint density at radius 2 is 1.64 bits per heavy atom. The van der Waals surface area contributed by atoms with Crippen molar-refractivity contribution < 1.29 is 19.0 Å². The fraction of sp³-hybridized carbons (Fsp3) is 0.269. The molecule has 0 spiro atoms. The summed E-state index contributed by atoms with van der Waals surface area (Å²) in [5.74, 6) is 2.19. The van der Waals surface area contributed by atoms with Crippen LogP contribution in [0, 0.1) is 0 Å². The summed E-state index contributed by atoms with van der Waals surface area (Å²) in [6.07, 6.45) is 0. The zero-order valence-electron chi connectivity index (χ0n) is 18.8. The van der Waals surface area contributed by atoms with Crippen molar-refractivity contribution in [1.29, 1.82) is 0 Å². The largest absolute Gasteiger partial charge is 0.497 e. The number of amides is 1. The highest BCUT2D eigenvalue weighted by Crippen LogP contribution is 2.25. The summed E-state index contributed by atoms with van der Waals surface area (Å²) >= 11 is 6.04. The maximum Gasteiger partial charge on any atom is 0.253 e. The molecular weight excluding hydrogens is 440 g/mol. The molecular formula is C26H27ClN2O4. The zero-order chi connectivity index (χ0) is 23.2. The Morgan fingerprint density at radius 1 is 0.879 bits per heavy atom. The zero-order valence-corrected chi connectivity index (χ0v) is 19.5. The number of piperazine rings is 1. The van der Waals surface area contributed by atoms with Crippen LogP contribution in [0.3, 0.4) is 0 Å². The predicted octanol–water partition coefficient (Wildman–Crippen LogP) is 4.90. The summed E-state index contributed by atoms with van der Waals surface area (Å²) in [7, 11) is 3.27. The number of ether oxygens (including phenoxy) is 3. The lowest BCUT2D eigenvalue weighted by atomic mass is 10.1. The van der Waals surface area contributed by atoms with E-state index >= 15 is 0 Å². The number of carbonyl (C=O) groups excluding carboxylic acids is 1. The van der Waals surface area contributed by atoms with Crippen LogP contribution in [-0.4, -0.2) is 51.2 Å². The van der Waals surface area contributed by atoms with E-state index in [9.17, 15) is 4.79 Å². The minimum atomic E-state index is 0.0102. The van der Waals surface area contributed by atoms with Gasteiger partial charge in [0.15, 0.2) is 0 Å². The highest BCUT2D eigenvalue weighted by molar-refractivity contribution is 6.30. The molecule has 1 heterocycles. The van der Waals surface area contributed by atoms with Gasteiger partial charge in [-0.15, -0.1) is 0 Å². The highest BCUT2D eigenvalue weighted by atomic mass is 35.5. The van der Waals surface area contributed by atoms with Crippen molar-refractivity contribution in [2.45, 2.75) is 6.61 Å². The molecule has 0 N–H and O–H groups in total. The Kier molecular flexibility index (Phi) is 7.25. The molecule has 172 valence electrons. The molecule has 4 rings (SSSR count). The first-order chi connectivity index (χ1) is 16.1. The van der Waals surface area contributed by atoms with Crippen LogP contribution in [0.25, 0.3) is 0 Å². The van der Waals surface area contributed by atoms with E-state index in [0.717, 1.165) is 30.1 Å². The Balaban J connectivity index is 1.41. The number of benzene rings is 3. The van der Waals surface area contributed by atoms with Crippen molar-refractivity contribution in [2.75, 3.05) is 45.3 Å². The molecule has 3 aromatic rings. The fourth-order valence-electron chi connectivity index (χ4n) is 3.89. The summed E-state index contributed by atoms with van der Waals surface area (Å²) in [4.78, 5) is 17.4. The molecule has 1 aliphatic heterocycles. The molecule has 33 heavy (non-hydrogen) atoms. The Labute approximate surface area is 199 Å². The minimum absolute atomic E-state index is 0.0102. The van der Waals surface area contributed by atoms with Gasteiger partial charge in [0.2, 0.25) is 0 Å². The number of hydrogen-bond donors (Lipinski definition) is 0. The van der Waals surface area contributed by atoms with Crippen molar-refractivity contribution in [3.63, 3.8) is 0 Å². The quantitative estimate of drug-likeness (QED) is 0.495. The number of nitrogens with zero attached hydrogens (tertiary/aromatic N) is 2. The molecule has 0 radical (unpaired) electrons. The van der Waals surface area contributed by atoms with E-state index in [2.05, 4.69) is 4.90 Å². The van der Waals surface area contributed by atoms with Crippen LogP contribution in [-0.2, 0) is 6.61 Å². The lowest BCUT2D eigenvalue weighted by Gasteiger charge is -2.36. The lowest BCUT2D eigenvalue weighted by Crippen LogP contribution is -2.48. The van der Waals surface area contributed by atoms with E-state index in [1.807, 2.05) is 53.4 Å². The average molecular weight is 467 g/mol. The summed E-state index contributed by atoms with van der Waals surface area (Å²) in [5.41, 5.74) is 2.56. The molecule has 0 unspecified atom stereocenters. The van der Waals surface area contributed by atoms with Gasteiger partial charge in [-0.2, -0.15) is 0 Å². The normalized spacial score (nSPS) is 13.5. The number of anilines is 1. The van der Waals surface area contributed by atoms with E-state index in [1.54, 1.807) is 32.4 Å². The summed E-state index contributed by atoms with van der Waals surface area (Å²) < 4.78 is 16.6. The molecule has 0 saturated carbocycles. The van der Waals surface area contributed by atoms with Gasteiger partial charge < -0.3 is 24.0 Å². The van der Waals surface area contributed by atoms with Crippen LogP contribution in [0.4, 0.5) is 5.69 Å². The van der Waals surface area contributed by atoms with Gasteiger partial charge in [-0.25, -0.2) is 0 Å². The summed E-state index contributed by atoms with van der Waals surface area (Å²) in [5, 5.41) is 0.608. The Morgan fingerprint density at radius 3 is 2.30 bits per heavy atom. The number of hydrogen-bond acceptors (Lipinski definition) is 5. The summed E-state index contributed by atoms with van der Waals surface area (Å²) in [6, 6.07) is 20.7. The van der Waals surface area contributed by atoms with Crippen LogP contribution < -0.4 is 19.1 Å². The van der Waals surface area contributed by atoms with Gasteiger partial charge in [-0.1, -0.05) is 17.7 Å². The average Bonchev–Trinajstić information content (AvgIpc) is 2.87. The molecule has 1 saturated heterocycles. The van der Waals surface area contributed by atoms with Crippen LogP contribution >= 0.6 is 11.6 Å². The number of rotatable bonds is 7. The third-order valence-corrected chi connectivity index (χ3v) is 5.96. The SMILES string of the molecule is COc1ccc(N2CCN(C(=O)c3ccc(OC)c(COc4cccc(Cl)c4)c3)CC2)cc1. The first-order valence-corrected chi connectivity index (χ1v) is 11.2. The standard InChI is InChI=1S/C26H27ClN2O4/c1-31-23-9-7-22(8-10-23)28-12-14-29(15-13-28)26(30)19-6-11-25(32-2)20(16-19)18-33-24-5-3-4-21(27)17-24/h3-11,16-17H,12-15,18H2,1-2H3. The van der Waals surface area contributed by atoms with Crippen molar-refractivity contribution in [3.05, 3.63) is 82.9 Å². The molecule has 0 aliphatic carbocycles. The monoisotopic (exact) mass is 466 g/mol. The lowest BCUT2D eigenvalue weighted by molar-refractivity contribution is 0.0746. The van der Waals surface area contributed by atoms with Crippen LogP contribution in [0.15, 0.2) is 66.7 Å². The van der Waals surface area contributed by atoms with Gasteiger partial charge in [0.05, 0.1) is 14.2 Å². The van der Waals surface area contributed by atoms with Crippen LogP contribution in [0.5, 0.6) is 17.2 Å². The van der Waals surface area contributed by atoms with E-state index in [4.69, 9.17) is 25.8 Å². The molecule has 1 amide bonds. The molecule has 0 atom stereocenters. The second-order valence-electron chi connectivity index (χ2n) is 7.75. The topological polar surface area (TPSA) is 51.2 Å². The Bertz CT molecular complexity index is 1100. The second-order valence-corrected chi connectivity index (χ2v) is 8.19. The Hall–Kier alpha value is -3.38. The smallest absolute Gasteiger partial charge is 0.253 e. The molecule has 1 fully saturated rings. The molecule has 0 bridgehead atoms. The number of methoxy groups -OCH3 is 2. The maximum absolute atomic E-state index is 13.2. The minimum Gasteiger partial charge on any atom is -0.497 e. The van der Waals surface area contributed by atoms with Gasteiger partial charge >= 0.3 is 0 Å². The maximum atomic E-state index is 13.2. The molecule has 1 aliphatic rings.